The van der Waals surface area contributed by atoms with Crippen molar-refractivity contribution < 1.29 is 29.0 Å². The standard InChI is InChI=1S/C20H28O2.C19H26O2.C15H16O2/c1-4-5-6-15-12-16(21)13-19-18-8-7-17(22-3)11-14(18)9-10-20(15,19)2;1-3-4-5-14-11-16(21)12-18-17-7-6-15(20)10-13(17)8-9-19(14,18)2;1-17-13-6-7-14-11(8-13)3-2-10-4-5-12(16)9-15(10)14/h7-8,11,15,19H,4-6,9-10,12-13H2,1-3H3;6-7,10,14,18,20H,3-5,8-9,11-12H2,1-2H3;4-8,10,15H,2-3,9H2,1H3/t15-,19+,20-;14-,18+,19-;10?,15-/m000/s1. The lowest BCUT2D eigenvalue weighted by molar-refractivity contribution is -0.127. The molecule has 6 aliphatic rings. The molecule has 8 atom stereocenters. The van der Waals surface area contributed by atoms with Crippen molar-refractivity contribution in [3.63, 3.8) is 0 Å². The van der Waals surface area contributed by atoms with Crippen LogP contribution >= 0.6 is 0 Å². The normalized spacial score (nSPS) is 29.7. The molecule has 0 radical (unpaired) electrons. The predicted octanol–water partition coefficient (Wildman–Crippen LogP) is 12.4. The molecule has 3 aromatic carbocycles. The van der Waals surface area contributed by atoms with Gasteiger partial charge in [0.05, 0.1) is 14.2 Å². The number of phenols is 1. The molecule has 6 nitrogen and oxygen atoms in total. The molecule has 2 saturated carbocycles. The third-order valence-electron chi connectivity index (χ3n) is 16.1. The largest absolute Gasteiger partial charge is 0.508 e. The summed E-state index contributed by atoms with van der Waals surface area (Å²) in [7, 11) is 3.42. The Kier molecular flexibility index (Phi) is 13.8. The number of phenolic OH excluding ortho intramolecular Hbond substituents is 1. The van der Waals surface area contributed by atoms with E-state index in [1.165, 1.54) is 78.3 Å². The van der Waals surface area contributed by atoms with Crippen LogP contribution in [-0.2, 0) is 33.6 Å². The average Bonchev–Trinajstić information content (AvgIpc) is 3.25. The van der Waals surface area contributed by atoms with Crippen LogP contribution in [0.3, 0.4) is 0 Å². The Labute approximate surface area is 359 Å². The molecular weight excluding hydrogens is 745 g/mol. The quantitative estimate of drug-likeness (QED) is 0.244. The number of aryl methyl sites for hydroxylation is 3. The van der Waals surface area contributed by atoms with Gasteiger partial charge < -0.3 is 14.6 Å². The number of hydrogen-bond donors (Lipinski definition) is 1. The van der Waals surface area contributed by atoms with Crippen LogP contribution in [0.1, 0.15) is 169 Å². The number of allylic oxidation sites excluding steroid dienone is 2. The zero-order chi connectivity index (χ0) is 42.6. The van der Waals surface area contributed by atoms with Crippen LogP contribution in [0.25, 0.3) is 0 Å². The van der Waals surface area contributed by atoms with Gasteiger partial charge >= 0.3 is 0 Å². The second-order valence-corrected chi connectivity index (χ2v) is 19.5. The number of hydrogen-bond acceptors (Lipinski definition) is 6. The third kappa shape index (κ3) is 9.04. The van der Waals surface area contributed by atoms with Gasteiger partial charge in [0.1, 0.15) is 28.8 Å². The number of benzene rings is 3. The van der Waals surface area contributed by atoms with E-state index in [9.17, 15) is 19.5 Å². The highest BCUT2D eigenvalue weighted by Crippen LogP contribution is 2.58. The molecule has 1 unspecified atom stereocenters. The Morgan fingerprint density at radius 3 is 1.67 bits per heavy atom. The Bertz CT molecular complexity index is 2060. The Balaban J connectivity index is 0.000000137. The van der Waals surface area contributed by atoms with Crippen LogP contribution in [0.5, 0.6) is 17.2 Å². The Morgan fingerprint density at radius 1 is 0.633 bits per heavy atom. The fourth-order valence-electron chi connectivity index (χ4n) is 12.4. The fraction of sp³-hybridized carbons (Fsp3) is 0.574. The number of methoxy groups -OCH3 is 2. The third-order valence-corrected chi connectivity index (χ3v) is 16.1. The fourth-order valence-corrected chi connectivity index (χ4v) is 12.4. The number of Topliss-reactive ketones (excluding diaryl/α,β-unsaturated/α-hetero) is 2. The summed E-state index contributed by atoms with van der Waals surface area (Å²) in [5.41, 5.74) is 8.62. The molecule has 6 heteroatoms. The second kappa shape index (κ2) is 18.8. The molecule has 0 spiro atoms. The van der Waals surface area contributed by atoms with Crippen molar-refractivity contribution in [2.45, 2.75) is 155 Å². The van der Waals surface area contributed by atoms with Gasteiger partial charge in [-0.2, -0.15) is 0 Å². The summed E-state index contributed by atoms with van der Waals surface area (Å²) in [5, 5.41) is 9.70. The number of rotatable bonds is 8. The van der Waals surface area contributed by atoms with Crippen molar-refractivity contribution in [1.29, 1.82) is 0 Å². The van der Waals surface area contributed by atoms with Gasteiger partial charge in [0, 0.05) is 32.1 Å². The highest BCUT2D eigenvalue weighted by atomic mass is 16.5. The average molecular weight is 815 g/mol. The van der Waals surface area contributed by atoms with Crippen molar-refractivity contribution in [1.82, 2.24) is 0 Å². The van der Waals surface area contributed by atoms with Crippen molar-refractivity contribution in [2.24, 2.45) is 28.6 Å². The zero-order valence-electron chi connectivity index (χ0n) is 37.3. The van der Waals surface area contributed by atoms with Gasteiger partial charge in [0.15, 0.2) is 5.78 Å². The first-order chi connectivity index (χ1) is 28.9. The van der Waals surface area contributed by atoms with Crippen LogP contribution in [0.2, 0.25) is 0 Å². The van der Waals surface area contributed by atoms with E-state index in [0.717, 1.165) is 62.9 Å². The molecule has 0 saturated heterocycles. The molecule has 9 rings (SSSR count). The van der Waals surface area contributed by atoms with E-state index in [-0.39, 0.29) is 11.2 Å². The Hall–Kier alpha value is -4.19. The number of carbonyl (C=O) groups excluding carboxylic acids is 3. The van der Waals surface area contributed by atoms with E-state index in [1.807, 2.05) is 12.1 Å². The molecular formula is C54H70O6. The van der Waals surface area contributed by atoms with E-state index < -0.39 is 0 Å². The first-order valence-electron chi connectivity index (χ1n) is 23.3. The van der Waals surface area contributed by atoms with Crippen molar-refractivity contribution in [3.8, 4) is 17.2 Å². The van der Waals surface area contributed by atoms with Crippen LogP contribution in [0.15, 0.2) is 66.7 Å². The molecule has 0 aliphatic heterocycles. The van der Waals surface area contributed by atoms with Gasteiger partial charge in [-0.1, -0.05) is 77.7 Å². The molecule has 60 heavy (non-hydrogen) atoms. The molecule has 2 fully saturated rings. The predicted molar refractivity (Wildman–Crippen MR) is 240 cm³/mol. The summed E-state index contributed by atoms with van der Waals surface area (Å²) in [6.45, 7) is 9.31. The minimum atomic E-state index is 0.257. The number of ketones is 3. The summed E-state index contributed by atoms with van der Waals surface area (Å²) in [6, 6.07) is 18.4. The summed E-state index contributed by atoms with van der Waals surface area (Å²) < 4.78 is 10.6. The lowest BCUT2D eigenvalue weighted by atomic mass is 9.53. The van der Waals surface area contributed by atoms with Gasteiger partial charge in [0.2, 0.25) is 0 Å². The molecule has 0 amide bonds. The van der Waals surface area contributed by atoms with Crippen LogP contribution in [-0.4, -0.2) is 36.7 Å². The van der Waals surface area contributed by atoms with Crippen molar-refractivity contribution in [3.05, 3.63) is 100 Å². The summed E-state index contributed by atoms with van der Waals surface area (Å²) in [5.74, 6) is 6.15. The maximum absolute atomic E-state index is 12.3. The van der Waals surface area contributed by atoms with Gasteiger partial charge in [-0.15, -0.1) is 0 Å². The zero-order valence-corrected chi connectivity index (χ0v) is 37.3. The maximum Gasteiger partial charge on any atom is 0.156 e. The lowest BCUT2D eigenvalue weighted by Crippen LogP contribution is -2.43. The topological polar surface area (TPSA) is 89.9 Å². The highest BCUT2D eigenvalue weighted by molar-refractivity contribution is 5.91. The van der Waals surface area contributed by atoms with Gasteiger partial charge in [-0.25, -0.2) is 0 Å². The molecule has 0 heterocycles. The van der Waals surface area contributed by atoms with E-state index in [4.69, 9.17) is 9.47 Å². The first-order valence-corrected chi connectivity index (χ1v) is 23.3. The summed E-state index contributed by atoms with van der Waals surface area (Å²) in [6.07, 6.45) is 21.6. The molecule has 0 bridgehead atoms. The molecule has 0 aromatic heterocycles. The van der Waals surface area contributed by atoms with E-state index in [0.29, 0.717) is 71.1 Å². The maximum atomic E-state index is 12.3. The second-order valence-electron chi connectivity index (χ2n) is 19.5. The number of fused-ring (bicyclic) bond motifs is 9. The van der Waals surface area contributed by atoms with Crippen molar-refractivity contribution >= 4 is 17.3 Å². The van der Waals surface area contributed by atoms with Gasteiger partial charge in [0.25, 0.3) is 0 Å². The lowest BCUT2D eigenvalue weighted by Gasteiger charge is -2.51. The van der Waals surface area contributed by atoms with Crippen molar-refractivity contribution in [2.75, 3.05) is 14.2 Å². The SMILES string of the molecule is CCCC[C@H]1CC(=O)C[C@@H]2c3ccc(O)cc3CC[C@@]12C.CCCC[C@H]1CC(=O)C[C@@H]2c3ccc(OC)cc3CC[C@@]12C.COc1ccc2c(c1)CCC1C=CC(=O)C[C@H]21. The van der Waals surface area contributed by atoms with Crippen LogP contribution in [0.4, 0.5) is 0 Å². The minimum absolute atomic E-state index is 0.257. The van der Waals surface area contributed by atoms with Gasteiger partial charge in [-0.3, -0.25) is 14.4 Å². The minimum Gasteiger partial charge on any atom is -0.508 e. The molecule has 322 valence electrons. The number of aromatic hydroxyl groups is 1. The van der Waals surface area contributed by atoms with Crippen LogP contribution in [0, 0.1) is 28.6 Å². The highest BCUT2D eigenvalue weighted by Gasteiger charge is 2.50. The number of unbranched alkanes of at least 4 members (excludes halogenated alkanes) is 2. The molecule has 3 aromatic rings. The molecule has 6 aliphatic carbocycles. The first kappa shape index (κ1) is 43.9. The smallest absolute Gasteiger partial charge is 0.156 e. The molecule has 1 N–H and O–H groups in total. The summed E-state index contributed by atoms with van der Waals surface area (Å²) >= 11 is 0. The van der Waals surface area contributed by atoms with Gasteiger partial charge in [-0.05, 0) is 174 Å². The van der Waals surface area contributed by atoms with E-state index >= 15 is 0 Å². The van der Waals surface area contributed by atoms with E-state index in [1.54, 1.807) is 26.4 Å². The monoisotopic (exact) mass is 815 g/mol. The van der Waals surface area contributed by atoms with Crippen LogP contribution < -0.4 is 9.47 Å². The Morgan fingerprint density at radius 2 is 1.13 bits per heavy atom. The summed E-state index contributed by atoms with van der Waals surface area (Å²) in [4.78, 5) is 36.1. The number of ether oxygens (including phenoxy) is 2. The number of carbonyl (C=O) groups is 3. The van der Waals surface area contributed by atoms with E-state index in [2.05, 4.69) is 70.2 Å².